The molecule has 4 nitrogen and oxygen atoms in total. The lowest BCUT2D eigenvalue weighted by Gasteiger charge is -2.15. The van der Waals surface area contributed by atoms with Crippen LogP contribution in [0.25, 0.3) is 10.8 Å². The van der Waals surface area contributed by atoms with Gasteiger partial charge < -0.3 is 15.7 Å². The number of rotatable bonds is 4. The van der Waals surface area contributed by atoms with Crippen LogP contribution in [0.5, 0.6) is 0 Å². The second-order valence-corrected chi connectivity index (χ2v) is 5.52. The predicted octanol–water partition coefficient (Wildman–Crippen LogP) is 1.74. The van der Waals surface area contributed by atoms with Crippen molar-refractivity contribution in [3.05, 3.63) is 48.0 Å². The maximum atomic E-state index is 11.9. The molecule has 0 saturated carbocycles. The van der Waals surface area contributed by atoms with Crippen molar-refractivity contribution in [3.8, 4) is 0 Å². The summed E-state index contributed by atoms with van der Waals surface area (Å²) in [6, 6.07) is 13.8. The van der Waals surface area contributed by atoms with Crippen LogP contribution < -0.4 is 10.6 Å². The van der Waals surface area contributed by atoms with Gasteiger partial charge in [0.2, 0.25) is 5.91 Å². The molecular weight excluding hydrogens is 264 g/mol. The first kappa shape index (κ1) is 14.0. The Morgan fingerprint density at radius 1 is 1.29 bits per heavy atom. The number of nitrogens with one attached hydrogen (secondary N) is 2. The Labute approximate surface area is 124 Å². The summed E-state index contributed by atoms with van der Waals surface area (Å²) >= 11 is 0. The monoisotopic (exact) mass is 284 g/mol. The highest BCUT2D eigenvalue weighted by Crippen LogP contribution is 2.20. The Morgan fingerprint density at radius 3 is 2.86 bits per heavy atom. The minimum atomic E-state index is -0.681. The third kappa shape index (κ3) is 3.23. The molecule has 1 heterocycles. The lowest BCUT2D eigenvalue weighted by Crippen LogP contribution is -2.41. The van der Waals surface area contributed by atoms with Crippen molar-refractivity contribution in [3.63, 3.8) is 0 Å². The van der Waals surface area contributed by atoms with E-state index in [1.54, 1.807) is 0 Å². The predicted molar refractivity (Wildman–Crippen MR) is 82.9 cm³/mol. The van der Waals surface area contributed by atoms with Crippen LogP contribution in [0.2, 0.25) is 0 Å². The van der Waals surface area contributed by atoms with Crippen molar-refractivity contribution >= 4 is 16.7 Å². The lowest BCUT2D eigenvalue weighted by molar-refractivity contribution is -0.123. The Hall–Kier alpha value is -1.91. The van der Waals surface area contributed by atoms with Gasteiger partial charge in [-0.2, -0.15) is 0 Å². The van der Waals surface area contributed by atoms with Crippen molar-refractivity contribution in [2.45, 2.75) is 25.0 Å². The molecule has 1 saturated heterocycles. The van der Waals surface area contributed by atoms with Crippen molar-refractivity contribution in [1.82, 2.24) is 10.6 Å². The third-order valence-corrected chi connectivity index (χ3v) is 4.00. The van der Waals surface area contributed by atoms with Gasteiger partial charge in [0.15, 0.2) is 0 Å². The maximum Gasteiger partial charge on any atom is 0.237 e. The number of aliphatic hydroxyl groups is 1. The molecule has 2 aromatic carbocycles. The SMILES string of the molecule is O=C(NCC(O)c1ccc2ccccc2c1)[C@@H]1CCCN1. The number of hydrogen-bond acceptors (Lipinski definition) is 3. The fourth-order valence-electron chi connectivity index (χ4n) is 2.76. The number of carbonyl (C=O) groups is 1. The third-order valence-electron chi connectivity index (χ3n) is 4.00. The zero-order valence-electron chi connectivity index (χ0n) is 11.9. The number of hydrogen-bond donors (Lipinski definition) is 3. The Bertz CT molecular complexity index is 635. The molecule has 110 valence electrons. The first-order chi connectivity index (χ1) is 10.2. The molecule has 3 N–H and O–H groups in total. The summed E-state index contributed by atoms with van der Waals surface area (Å²) in [6.07, 6.45) is 1.23. The highest BCUT2D eigenvalue weighted by molar-refractivity contribution is 5.83. The van der Waals surface area contributed by atoms with Crippen LogP contribution in [0.1, 0.15) is 24.5 Å². The Morgan fingerprint density at radius 2 is 2.10 bits per heavy atom. The smallest absolute Gasteiger partial charge is 0.237 e. The van der Waals surface area contributed by atoms with Crippen LogP contribution in [-0.2, 0) is 4.79 Å². The van der Waals surface area contributed by atoms with Gasteiger partial charge in [0, 0.05) is 6.54 Å². The number of aliphatic hydroxyl groups excluding tert-OH is 1. The molecule has 0 aromatic heterocycles. The van der Waals surface area contributed by atoms with Crippen LogP contribution in [0, 0.1) is 0 Å². The first-order valence-corrected chi connectivity index (χ1v) is 7.42. The van der Waals surface area contributed by atoms with Gasteiger partial charge in [0.25, 0.3) is 0 Å². The van der Waals surface area contributed by atoms with E-state index in [0.717, 1.165) is 35.7 Å². The number of benzene rings is 2. The fraction of sp³-hybridized carbons (Fsp3) is 0.353. The van der Waals surface area contributed by atoms with Gasteiger partial charge in [0.1, 0.15) is 0 Å². The van der Waals surface area contributed by atoms with E-state index >= 15 is 0 Å². The summed E-state index contributed by atoms with van der Waals surface area (Å²) in [6.45, 7) is 1.14. The normalized spacial score (nSPS) is 19.6. The highest BCUT2D eigenvalue weighted by atomic mass is 16.3. The molecule has 1 aliphatic rings. The van der Waals surface area contributed by atoms with Crippen LogP contribution in [0.4, 0.5) is 0 Å². The number of fused-ring (bicyclic) bond motifs is 1. The van der Waals surface area contributed by atoms with Crippen molar-refractivity contribution < 1.29 is 9.90 Å². The number of carbonyl (C=O) groups excluding carboxylic acids is 1. The molecule has 4 heteroatoms. The van der Waals surface area contributed by atoms with Crippen molar-refractivity contribution in [1.29, 1.82) is 0 Å². The fourth-order valence-corrected chi connectivity index (χ4v) is 2.76. The van der Waals surface area contributed by atoms with Crippen LogP contribution in [0.3, 0.4) is 0 Å². The van der Waals surface area contributed by atoms with E-state index < -0.39 is 6.10 Å². The Kier molecular flexibility index (Phi) is 4.18. The molecule has 1 aliphatic heterocycles. The average molecular weight is 284 g/mol. The van der Waals surface area contributed by atoms with Gasteiger partial charge in [-0.25, -0.2) is 0 Å². The second-order valence-electron chi connectivity index (χ2n) is 5.52. The van der Waals surface area contributed by atoms with Gasteiger partial charge in [-0.1, -0.05) is 36.4 Å². The van der Waals surface area contributed by atoms with Gasteiger partial charge in [-0.05, 0) is 41.8 Å². The van der Waals surface area contributed by atoms with Gasteiger partial charge in [0.05, 0.1) is 12.1 Å². The van der Waals surface area contributed by atoms with Crippen molar-refractivity contribution in [2.24, 2.45) is 0 Å². The standard InChI is InChI=1S/C17H20N2O2/c20-16(11-19-17(21)15-6-3-9-18-15)14-8-7-12-4-1-2-5-13(12)10-14/h1-2,4-5,7-8,10,15-16,18,20H,3,6,9,11H2,(H,19,21)/t15-,16?/m0/s1. The molecule has 2 aromatic rings. The summed E-state index contributed by atoms with van der Waals surface area (Å²) in [5.74, 6) is -0.0210. The molecule has 0 bridgehead atoms. The topological polar surface area (TPSA) is 61.4 Å². The first-order valence-electron chi connectivity index (χ1n) is 7.42. The van der Waals surface area contributed by atoms with E-state index in [1.165, 1.54) is 0 Å². The summed E-state index contributed by atoms with van der Waals surface area (Å²) < 4.78 is 0. The van der Waals surface area contributed by atoms with Crippen molar-refractivity contribution in [2.75, 3.05) is 13.1 Å². The molecule has 1 fully saturated rings. The molecule has 2 atom stereocenters. The lowest BCUT2D eigenvalue weighted by atomic mass is 10.0. The summed E-state index contributed by atoms with van der Waals surface area (Å²) in [5.41, 5.74) is 0.827. The van der Waals surface area contributed by atoms with Crippen LogP contribution in [0.15, 0.2) is 42.5 Å². The molecule has 1 unspecified atom stereocenters. The molecule has 0 radical (unpaired) electrons. The minimum Gasteiger partial charge on any atom is -0.387 e. The van der Waals surface area contributed by atoms with Crippen LogP contribution in [-0.4, -0.2) is 30.1 Å². The van der Waals surface area contributed by atoms with E-state index in [9.17, 15) is 9.90 Å². The minimum absolute atomic E-state index is 0.0210. The molecule has 1 amide bonds. The summed E-state index contributed by atoms with van der Waals surface area (Å²) in [5, 5.41) is 18.4. The molecule has 0 spiro atoms. The summed E-state index contributed by atoms with van der Waals surface area (Å²) in [4.78, 5) is 11.9. The van der Waals surface area contributed by atoms with Gasteiger partial charge in [-0.3, -0.25) is 4.79 Å². The quantitative estimate of drug-likeness (QED) is 0.801. The molecule has 0 aliphatic carbocycles. The van der Waals surface area contributed by atoms with E-state index in [2.05, 4.69) is 10.6 Å². The maximum absolute atomic E-state index is 11.9. The van der Waals surface area contributed by atoms with Gasteiger partial charge in [-0.15, -0.1) is 0 Å². The van der Waals surface area contributed by atoms with E-state index in [1.807, 2.05) is 42.5 Å². The molecular formula is C17H20N2O2. The Balaban J connectivity index is 1.63. The largest absolute Gasteiger partial charge is 0.387 e. The average Bonchev–Trinajstić information content (AvgIpc) is 3.06. The van der Waals surface area contributed by atoms with Gasteiger partial charge >= 0.3 is 0 Å². The van der Waals surface area contributed by atoms with E-state index in [0.29, 0.717) is 0 Å². The zero-order chi connectivity index (χ0) is 14.7. The number of amides is 1. The molecule has 3 rings (SSSR count). The van der Waals surface area contributed by atoms with E-state index in [4.69, 9.17) is 0 Å². The van der Waals surface area contributed by atoms with Crippen LogP contribution >= 0.6 is 0 Å². The highest BCUT2D eigenvalue weighted by Gasteiger charge is 2.22. The van der Waals surface area contributed by atoms with E-state index in [-0.39, 0.29) is 18.5 Å². The summed E-state index contributed by atoms with van der Waals surface area (Å²) in [7, 11) is 0. The second kappa shape index (κ2) is 6.24. The molecule has 21 heavy (non-hydrogen) atoms. The zero-order valence-corrected chi connectivity index (χ0v) is 11.9.